The van der Waals surface area contributed by atoms with Crippen molar-refractivity contribution in [1.29, 1.82) is 5.26 Å². The molecule has 29 heavy (non-hydrogen) atoms. The summed E-state index contributed by atoms with van der Waals surface area (Å²) in [6.07, 6.45) is 3.72. The van der Waals surface area contributed by atoms with Crippen LogP contribution in [0.25, 0.3) is 11.5 Å². The second-order valence-electron chi connectivity index (χ2n) is 7.55. The molecular weight excluding hydrogens is 372 g/mol. The maximum atomic E-state index is 13.1. The number of amides is 1. The highest BCUT2D eigenvalue weighted by molar-refractivity contribution is 5.85. The van der Waals surface area contributed by atoms with E-state index in [-0.39, 0.29) is 5.91 Å². The van der Waals surface area contributed by atoms with Gasteiger partial charge in [0, 0.05) is 12.1 Å². The van der Waals surface area contributed by atoms with Crippen molar-refractivity contribution in [1.82, 2.24) is 15.0 Å². The normalized spacial score (nSPS) is 21.4. The molecule has 2 fully saturated rings. The van der Waals surface area contributed by atoms with E-state index in [0.717, 1.165) is 30.6 Å². The number of methoxy groups -OCH3 is 1. The van der Waals surface area contributed by atoms with Gasteiger partial charge in [-0.05, 0) is 37.1 Å². The predicted molar refractivity (Wildman–Crippen MR) is 103 cm³/mol. The van der Waals surface area contributed by atoms with E-state index in [2.05, 4.69) is 16.2 Å². The summed E-state index contributed by atoms with van der Waals surface area (Å²) in [5.74, 6) is 1.44. The minimum atomic E-state index is -0.897. The average molecular weight is 396 g/mol. The van der Waals surface area contributed by atoms with Gasteiger partial charge < -0.3 is 18.9 Å². The van der Waals surface area contributed by atoms with Crippen molar-refractivity contribution in [2.75, 3.05) is 26.8 Å². The zero-order valence-corrected chi connectivity index (χ0v) is 16.5. The lowest BCUT2D eigenvalue weighted by Crippen LogP contribution is -2.49. The van der Waals surface area contributed by atoms with E-state index < -0.39 is 11.5 Å². The van der Waals surface area contributed by atoms with Gasteiger partial charge in [-0.1, -0.05) is 24.4 Å². The summed E-state index contributed by atoms with van der Waals surface area (Å²) < 4.78 is 16.4. The smallest absolute Gasteiger partial charge is 0.258 e. The molecule has 8 nitrogen and oxygen atoms in total. The van der Waals surface area contributed by atoms with E-state index in [9.17, 15) is 10.1 Å². The Bertz CT molecular complexity index is 896. The number of rotatable bonds is 4. The first-order chi connectivity index (χ1) is 14.1. The molecule has 2 aromatic rings. The predicted octanol–water partition coefficient (Wildman–Crippen LogP) is 3.12. The van der Waals surface area contributed by atoms with Crippen molar-refractivity contribution in [2.45, 2.75) is 38.2 Å². The summed E-state index contributed by atoms with van der Waals surface area (Å²) in [5.41, 5.74) is -0.120. The summed E-state index contributed by atoms with van der Waals surface area (Å²) in [6, 6.07) is 9.64. The summed E-state index contributed by atoms with van der Waals surface area (Å²) in [5, 5.41) is 13.8. The molecule has 1 atom stereocenters. The average Bonchev–Trinajstić information content (AvgIpc) is 3.29. The lowest BCUT2D eigenvalue weighted by atomic mass is 9.74. The molecule has 4 rings (SSSR count). The zero-order chi connectivity index (χ0) is 20.3. The topological polar surface area (TPSA) is 101 Å². The molecule has 1 aromatic heterocycles. The Hall–Kier alpha value is -2.92. The van der Waals surface area contributed by atoms with E-state index >= 15 is 0 Å². The van der Waals surface area contributed by atoms with Gasteiger partial charge in [0.2, 0.25) is 11.7 Å². The monoisotopic (exact) mass is 396 g/mol. The highest BCUT2D eigenvalue weighted by Crippen LogP contribution is 2.38. The number of carbonyl (C=O) groups is 1. The molecule has 0 bridgehead atoms. The number of benzene rings is 1. The molecular formula is C21H24N4O4. The van der Waals surface area contributed by atoms with Crippen LogP contribution in [0.1, 0.15) is 44.0 Å². The van der Waals surface area contributed by atoms with Crippen LogP contribution in [0.5, 0.6) is 5.75 Å². The fourth-order valence-corrected chi connectivity index (χ4v) is 4.04. The number of nitrogens with zero attached hydrogens (tertiary/aromatic N) is 4. The second-order valence-corrected chi connectivity index (χ2v) is 7.55. The second kappa shape index (κ2) is 8.21. The van der Waals surface area contributed by atoms with Gasteiger partial charge in [0.15, 0.2) is 0 Å². The third kappa shape index (κ3) is 3.83. The molecule has 0 unspecified atom stereocenters. The van der Waals surface area contributed by atoms with Crippen LogP contribution < -0.4 is 4.74 Å². The van der Waals surface area contributed by atoms with Crippen molar-refractivity contribution in [2.24, 2.45) is 5.41 Å². The number of hydrogen-bond donors (Lipinski definition) is 0. The minimum Gasteiger partial charge on any atom is -0.497 e. The summed E-state index contributed by atoms with van der Waals surface area (Å²) >= 11 is 0. The molecule has 0 radical (unpaired) electrons. The highest BCUT2D eigenvalue weighted by atomic mass is 16.5. The van der Waals surface area contributed by atoms with Crippen LogP contribution in [0, 0.1) is 16.7 Å². The molecule has 0 N–H and O–H groups in total. The molecule has 1 aromatic carbocycles. The molecule has 1 saturated carbocycles. The summed E-state index contributed by atoms with van der Waals surface area (Å²) in [6.45, 7) is 1.18. The number of aromatic nitrogens is 2. The molecule has 2 heterocycles. The Labute approximate surface area is 169 Å². The van der Waals surface area contributed by atoms with E-state index in [1.165, 1.54) is 0 Å². The molecule has 1 aliphatic carbocycles. The van der Waals surface area contributed by atoms with Crippen LogP contribution >= 0.6 is 0 Å². The number of carbonyl (C=O) groups excluding carboxylic acids is 1. The Balaban J connectivity index is 1.48. The minimum absolute atomic E-state index is 0.0909. The van der Waals surface area contributed by atoms with Gasteiger partial charge in [0.05, 0.1) is 26.3 Å². The van der Waals surface area contributed by atoms with Gasteiger partial charge in [0.1, 0.15) is 17.3 Å². The van der Waals surface area contributed by atoms with E-state index in [1.807, 2.05) is 24.3 Å². The Morgan fingerprint density at radius 1 is 1.28 bits per heavy atom. The fraction of sp³-hybridized carbons (Fsp3) is 0.524. The molecule has 152 valence electrons. The molecule has 1 saturated heterocycles. The van der Waals surface area contributed by atoms with Crippen molar-refractivity contribution in [3.63, 3.8) is 0 Å². The Morgan fingerprint density at radius 3 is 2.72 bits per heavy atom. The quantitative estimate of drug-likeness (QED) is 0.782. The van der Waals surface area contributed by atoms with Crippen LogP contribution in [0.3, 0.4) is 0 Å². The maximum Gasteiger partial charge on any atom is 0.258 e. The van der Waals surface area contributed by atoms with Gasteiger partial charge >= 0.3 is 0 Å². The molecule has 8 heteroatoms. The van der Waals surface area contributed by atoms with E-state index in [4.69, 9.17) is 14.0 Å². The van der Waals surface area contributed by atoms with E-state index in [1.54, 1.807) is 12.0 Å². The SMILES string of the molecule is COc1ccc(-c2nc([C@@H]3CN(C(=O)C4(C#N)CCCCC4)CCO3)no2)cc1. The fourth-order valence-electron chi connectivity index (χ4n) is 4.04. The van der Waals surface area contributed by atoms with Crippen molar-refractivity contribution in [3.05, 3.63) is 30.1 Å². The lowest BCUT2D eigenvalue weighted by molar-refractivity contribution is -0.148. The standard InChI is InChI=1S/C21H24N4O4/c1-27-16-7-5-15(6-8-16)19-23-18(24-29-19)17-13-25(11-12-28-17)20(26)21(14-22)9-3-2-4-10-21/h5-8,17H,2-4,9-13H2,1H3/t17-/m0/s1. The number of hydrogen-bond acceptors (Lipinski definition) is 7. The number of morpholine rings is 1. The summed E-state index contributed by atoms with van der Waals surface area (Å²) in [7, 11) is 1.61. The number of nitriles is 1. The van der Waals surface area contributed by atoms with Crippen LogP contribution in [0.4, 0.5) is 0 Å². The molecule has 1 amide bonds. The van der Waals surface area contributed by atoms with Gasteiger partial charge in [-0.3, -0.25) is 4.79 Å². The van der Waals surface area contributed by atoms with Crippen molar-refractivity contribution in [3.8, 4) is 23.3 Å². The lowest BCUT2D eigenvalue weighted by Gasteiger charge is -2.38. The van der Waals surface area contributed by atoms with Gasteiger partial charge in [0.25, 0.3) is 5.89 Å². The van der Waals surface area contributed by atoms with Gasteiger partial charge in [-0.15, -0.1) is 0 Å². The van der Waals surface area contributed by atoms with Crippen LogP contribution in [0.2, 0.25) is 0 Å². The van der Waals surface area contributed by atoms with Crippen LogP contribution in [-0.4, -0.2) is 47.8 Å². The van der Waals surface area contributed by atoms with Crippen LogP contribution in [-0.2, 0) is 9.53 Å². The first-order valence-electron chi connectivity index (χ1n) is 9.95. The Morgan fingerprint density at radius 2 is 2.03 bits per heavy atom. The van der Waals surface area contributed by atoms with Crippen molar-refractivity contribution < 1.29 is 18.8 Å². The number of ether oxygens (including phenoxy) is 2. The largest absolute Gasteiger partial charge is 0.497 e. The third-order valence-corrected chi connectivity index (χ3v) is 5.75. The highest BCUT2D eigenvalue weighted by Gasteiger charge is 2.44. The van der Waals surface area contributed by atoms with Crippen molar-refractivity contribution >= 4 is 5.91 Å². The van der Waals surface area contributed by atoms with E-state index in [0.29, 0.717) is 44.3 Å². The first-order valence-corrected chi connectivity index (χ1v) is 9.95. The van der Waals surface area contributed by atoms with Gasteiger partial charge in [-0.25, -0.2) is 0 Å². The van der Waals surface area contributed by atoms with Gasteiger partial charge in [-0.2, -0.15) is 10.2 Å². The Kier molecular flexibility index (Phi) is 5.49. The molecule has 2 aliphatic rings. The zero-order valence-electron chi connectivity index (χ0n) is 16.5. The first kappa shape index (κ1) is 19.4. The summed E-state index contributed by atoms with van der Waals surface area (Å²) in [4.78, 5) is 19.3. The van der Waals surface area contributed by atoms with Crippen LogP contribution in [0.15, 0.2) is 28.8 Å². The maximum absolute atomic E-state index is 13.1. The molecule has 0 spiro atoms. The third-order valence-electron chi connectivity index (χ3n) is 5.75. The molecule has 1 aliphatic heterocycles.